The molecule has 0 saturated carbocycles. The summed E-state index contributed by atoms with van der Waals surface area (Å²) >= 11 is 0. The third-order valence-corrected chi connectivity index (χ3v) is 1.21. The van der Waals surface area contributed by atoms with Crippen molar-refractivity contribution in [3.63, 3.8) is 0 Å². The van der Waals surface area contributed by atoms with Crippen LogP contribution < -0.4 is 0 Å². The van der Waals surface area contributed by atoms with Gasteiger partial charge in [0.15, 0.2) is 0 Å². The number of hydrogen-bond donors (Lipinski definition) is 2. The fraction of sp³-hybridized carbons (Fsp3) is 0.833. The van der Waals surface area contributed by atoms with E-state index in [4.69, 9.17) is 10.2 Å². The van der Waals surface area contributed by atoms with E-state index in [9.17, 15) is 0 Å². The van der Waals surface area contributed by atoms with Crippen LogP contribution >= 0.6 is 0 Å². The third kappa shape index (κ3) is 7.10. The van der Waals surface area contributed by atoms with Gasteiger partial charge in [-0.15, -0.1) is 0 Å². The minimum Gasteiger partial charge on any atom is -0.554 e. The molecular weight excluding hydrogens is 743 g/mol. The first-order valence-corrected chi connectivity index (χ1v) is 2.77. The largest absolute Gasteiger partial charge is 0.554 e. The van der Waals surface area contributed by atoms with Crippen molar-refractivity contribution in [2.75, 3.05) is 19.8 Å². The van der Waals surface area contributed by atoms with Crippen molar-refractivity contribution in [1.29, 1.82) is 0 Å². The van der Waals surface area contributed by atoms with Gasteiger partial charge >= 0.3 is 0 Å². The predicted molar refractivity (Wildman–Crippen MR) is 33.6 cm³/mol. The van der Waals surface area contributed by atoms with Gasteiger partial charge in [-0.3, -0.25) is 0 Å². The molecule has 0 aromatic heterocycles. The molecule has 0 spiro atoms. The molecule has 0 atom stereocenters. The van der Waals surface area contributed by atoms with Crippen molar-refractivity contribution in [2.24, 2.45) is 5.41 Å². The summed E-state index contributed by atoms with van der Waals surface area (Å²) in [4.78, 5) is 0. The molecule has 0 aliphatic rings. The van der Waals surface area contributed by atoms with E-state index >= 15 is 0 Å². The second kappa shape index (κ2) is 9.98. The molecule has 0 bridgehead atoms. The maximum atomic E-state index is 8.65. The monoisotopic (exact) mass is 756 g/mol. The topological polar surface area (TPSA) is 49.7 Å². The van der Waals surface area contributed by atoms with Crippen LogP contribution in [0.25, 0.3) is 0 Å². The van der Waals surface area contributed by atoms with Crippen LogP contribution in [0.2, 0.25) is 0 Å². The molecule has 0 unspecified atom stereocenters. The smallest absolute Gasteiger partial charge is 0.0527 e. The molecule has 0 aromatic carbocycles. The Hall–Kier alpha value is -1.02. The van der Waals surface area contributed by atoms with Crippen molar-refractivity contribution in [3.05, 3.63) is 7.11 Å². The molecule has 6 heteroatoms. The molecule has 0 fully saturated rings. The molecular formula is C6H13O3Rf2Y-. The van der Waals surface area contributed by atoms with Gasteiger partial charge in [0.05, 0.1) is 13.2 Å². The summed E-state index contributed by atoms with van der Waals surface area (Å²) in [5.74, 6) is 0. The van der Waals surface area contributed by atoms with Crippen LogP contribution in [0.3, 0.4) is 0 Å². The Morgan fingerprint density at radius 3 is 1.67 bits per heavy atom. The van der Waals surface area contributed by atoms with E-state index in [1.807, 2.05) is 0 Å². The van der Waals surface area contributed by atoms with E-state index in [2.05, 4.69) is 11.8 Å². The Morgan fingerprint density at radius 1 is 1.25 bits per heavy atom. The van der Waals surface area contributed by atoms with E-state index in [-0.39, 0.29) is 52.5 Å². The number of aliphatic hydroxyl groups excluding tert-OH is 2. The fourth-order valence-electron chi connectivity index (χ4n) is 0.388. The molecule has 0 heterocycles. The van der Waals surface area contributed by atoms with Gasteiger partial charge in [0, 0.05) is 44.7 Å². The van der Waals surface area contributed by atoms with Gasteiger partial charge in [0.25, 0.3) is 0 Å². The van der Waals surface area contributed by atoms with Crippen LogP contribution in [-0.2, 0) is 37.4 Å². The van der Waals surface area contributed by atoms with E-state index in [0.717, 1.165) is 0 Å². The normalized spacial score (nSPS) is 9.00. The Kier molecular flexibility index (Phi) is 18.7. The molecule has 3 nitrogen and oxygen atoms in total. The van der Waals surface area contributed by atoms with Crippen LogP contribution in [0.15, 0.2) is 0 Å². The van der Waals surface area contributed by atoms with Crippen molar-refractivity contribution in [1.82, 2.24) is 0 Å². The second-order valence-corrected chi connectivity index (χ2v) is 2.48. The zero-order chi connectivity index (χ0) is 7.33. The van der Waals surface area contributed by atoms with Crippen LogP contribution in [0.1, 0.15) is 6.92 Å². The Morgan fingerprint density at radius 2 is 1.58 bits per heavy atom. The summed E-state index contributed by atoms with van der Waals surface area (Å²) in [5, 5.41) is 17.3. The minimum absolute atomic E-state index is 0. The summed E-state index contributed by atoms with van der Waals surface area (Å²) in [6.45, 7) is 1.83. The first-order valence-electron chi connectivity index (χ1n) is 2.77. The molecule has 0 saturated heterocycles. The quantitative estimate of drug-likeness (QED) is 0.391. The van der Waals surface area contributed by atoms with Crippen LogP contribution in [0.4, 0.5) is 0 Å². The summed E-state index contributed by atoms with van der Waals surface area (Å²) in [6.07, 6.45) is 0. The molecule has 2 N–H and O–H groups in total. The molecule has 1 radical (unpaired) electrons. The molecule has 63 valence electrons. The average Bonchev–Trinajstić information content (AvgIpc) is 1.89. The maximum absolute atomic E-state index is 8.65. The van der Waals surface area contributed by atoms with Gasteiger partial charge in [-0.1, -0.05) is 6.92 Å². The zero-order valence-electron chi connectivity index (χ0n) is 7.62. The molecule has 0 aliphatic heterocycles. The fourth-order valence-corrected chi connectivity index (χ4v) is 0.388. The van der Waals surface area contributed by atoms with Crippen molar-refractivity contribution in [3.8, 4) is 0 Å². The van der Waals surface area contributed by atoms with Gasteiger partial charge < -0.3 is 14.9 Å². The molecule has 12 heavy (non-hydrogen) atoms. The summed E-state index contributed by atoms with van der Waals surface area (Å²) in [5.41, 5.74) is -0.540. The molecule has 0 aromatic rings. The maximum Gasteiger partial charge on any atom is 0.0527 e. The third-order valence-electron chi connectivity index (χ3n) is 1.21. The van der Waals surface area contributed by atoms with E-state index in [0.29, 0.717) is 0 Å². The SMILES string of the molecule is [CH2-]OCC(C)(CO)CO.[Rf].[Rf].[Y]. The van der Waals surface area contributed by atoms with Gasteiger partial charge in [-0.2, -0.15) is 0 Å². The van der Waals surface area contributed by atoms with E-state index < -0.39 is 5.41 Å². The first-order chi connectivity index (χ1) is 4.18. The van der Waals surface area contributed by atoms with Crippen molar-refractivity contribution < 1.29 is 47.7 Å². The molecule has 0 aliphatic carbocycles. The van der Waals surface area contributed by atoms with Gasteiger partial charge in [0.2, 0.25) is 0 Å². The average molecular weight is 756 g/mol. The molecule has 0 rings (SSSR count). The van der Waals surface area contributed by atoms with Crippen LogP contribution in [-0.4, -0.2) is 30.0 Å². The standard InChI is InChI=1S/C6H13O3.2Rf.Y/c1-6(3-7,4-8)5-9-2;;;/h7-8H,2-5H2,1H3;;;/q-1;;;. The minimum atomic E-state index is -0.540. The van der Waals surface area contributed by atoms with Gasteiger partial charge in [0.1, 0.15) is 0 Å². The predicted octanol–water partition coefficient (Wildman–Crippen LogP) is -0.217. The zero-order valence-corrected chi connectivity index (χ0v) is 23.3. The van der Waals surface area contributed by atoms with Crippen molar-refractivity contribution >= 4 is 0 Å². The van der Waals surface area contributed by atoms with Gasteiger partial charge in [-0.25, -0.2) is 7.11 Å². The number of hydrogen-bond acceptors (Lipinski definition) is 3. The summed E-state index contributed by atoms with van der Waals surface area (Å²) < 4.78 is 4.52. The van der Waals surface area contributed by atoms with E-state index in [1.54, 1.807) is 6.92 Å². The Labute approximate surface area is 86.6 Å². The summed E-state index contributed by atoms with van der Waals surface area (Å²) in [6, 6.07) is 0. The van der Waals surface area contributed by atoms with E-state index in [1.165, 1.54) is 0 Å². The molecule has 0 amide bonds. The van der Waals surface area contributed by atoms with Crippen LogP contribution in [0, 0.1) is 12.5 Å². The first kappa shape index (κ1) is 22.4. The number of rotatable bonds is 4. The Balaban J connectivity index is -0.000000107. The van der Waals surface area contributed by atoms with Crippen molar-refractivity contribution in [2.45, 2.75) is 6.92 Å². The number of ether oxygens (including phenoxy) is 1. The summed E-state index contributed by atoms with van der Waals surface area (Å²) in [7, 11) is 3.14. The van der Waals surface area contributed by atoms with Crippen LogP contribution in [0.5, 0.6) is 0 Å². The Bertz CT molecular complexity index is 81.2. The second-order valence-electron chi connectivity index (χ2n) is 2.48. The number of aliphatic hydroxyl groups is 2. The van der Waals surface area contributed by atoms with Gasteiger partial charge in [-0.05, 0) is 0 Å².